The second kappa shape index (κ2) is 6.25. The minimum absolute atomic E-state index is 0.0102. The van der Waals surface area contributed by atoms with Crippen LogP contribution < -0.4 is 11.0 Å². The number of nitrogens with one attached hydrogen (secondary N) is 1. The number of imidazole rings is 1. The van der Waals surface area contributed by atoms with Crippen LogP contribution in [-0.2, 0) is 13.1 Å². The number of nitro groups is 1. The van der Waals surface area contributed by atoms with Gasteiger partial charge in [-0.2, -0.15) is 0 Å². The SMILES string of the molecule is CCCn1ccn(Cc2cccc([N+](=O)[O-])c2NC)c1=O. The third kappa shape index (κ3) is 2.96. The highest BCUT2D eigenvalue weighted by Gasteiger charge is 2.16. The number of nitro benzene ring substituents is 1. The molecule has 0 atom stereocenters. The van der Waals surface area contributed by atoms with E-state index in [9.17, 15) is 14.9 Å². The molecule has 0 aliphatic heterocycles. The fraction of sp³-hybridized carbons (Fsp3) is 0.357. The molecular weight excluding hydrogens is 272 g/mol. The summed E-state index contributed by atoms with van der Waals surface area (Å²) < 4.78 is 3.19. The van der Waals surface area contributed by atoms with Gasteiger partial charge in [0.2, 0.25) is 0 Å². The van der Waals surface area contributed by atoms with E-state index in [1.807, 2.05) is 6.92 Å². The number of hydrogen-bond acceptors (Lipinski definition) is 4. The first-order chi connectivity index (χ1) is 10.1. The van der Waals surface area contributed by atoms with Crippen molar-refractivity contribution in [3.63, 3.8) is 0 Å². The Bertz CT molecular complexity index is 702. The minimum Gasteiger partial charge on any atom is -0.382 e. The summed E-state index contributed by atoms with van der Waals surface area (Å²) in [5, 5.41) is 13.9. The molecule has 2 rings (SSSR count). The molecule has 1 heterocycles. The predicted octanol–water partition coefficient (Wildman–Crippen LogP) is 2.06. The molecule has 21 heavy (non-hydrogen) atoms. The number of nitrogens with zero attached hydrogens (tertiary/aromatic N) is 3. The lowest BCUT2D eigenvalue weighted by molar-refractivity contribution is -0.384. The molecule has 0 aliphatic carbocycles. The first kappa shape index (κ1) is 14.8. The van der Waals surface area contributed by atoms with Gasteiger partial charge in [0.1, 0.15) is 5.69 Å². The summed E-state index contributed by atoms with van der Waals surface area (Å²) in [7, 11) is 1.64. The largest absolute Gasteiger partial charge is 0.382 e. The van der Waals surface area contributed by atoms with E-state index in [0.29, 0.717) is 24.3 Å². The highest BCUT2D eigenvalue weighted by Crippen LogP contribution is 2.28. The van der Waals surface area contributed by atoms with Gasteiger partial charge in [-0.05, 0) is 6.42 Å². The van der Waals surface area contributed by atoms with Crippen LogP contribution in [-0.4, -0.2) is 21.1 Å². The van der Waals surface area contributed by atoms with E-state index in [2.05, 4.69) is 5.32 Å². The average molecular weight is 290 g/mol. The average Bonchev–Trinajstić information content (AvgIpc) is 2.80. The fourth-order valence-corrected chi connectivity index (χ4v) is 2.33. The lowest BCUT2D eigenvalue weighted by atomic mass is 10.1. The Hall–Kier alpha value is -2.57. The van der Waals surface area contributed by atoms with Crippen LogP contribution in [0.1, 0.15) is 18.9 Å². The molecule has 1 aromatic heterocycles. The first-order valence-electron chi connectivity index (χ1n) is 6.78. The molecule has 1 N–H and O–H groups in total. The molecule has 0 bridgehead atoms. The molecule has 2 aromatic rings. The molecule has 112 valence electrons. The number of aryl methyl sites for hydroxylation is 1. The number of aromatic nitrogens is 2. The van der Waals surface area contributed by atoms with Crippen LogP contribution in [0.3, 0.4) is 0 Å². The van der Waals surface area contributed by atoms with Crippen LogP contribution in [0.4, 0.5) is 11.4 Å². The second-order valence-electron chi connectivity index (χ2n) is 4.72. The zero-order valence-corrected chi connectivity index (χ0v) is 12.1. The highest BCUT2D eigenvalue weighted by molar-refractivity contribution is 5.66. The van der Waals surface area contributed by atoms with Gasteiger partial charge in [-0.1, -0.05) is 19.1 Å². The number of hydrogen-bond donors (Lipinski definition) is 1. The smallest absolute Gasteiger partial charge is 0.328 e. The molecule has 0 unspecified atom stereocenters. The van der Waals surface area contributed by atoms with Crippen molar-refractivity contribution >= 4 is 11.4 Å². The summed E-state index contributed by atoms with van der Waals surface area (Å²) in [5.41, 5.74) is 1.06. The van der Waals surface area contributed by atoms with Gasteiger partial charge in [-0.15, -0.1) is 0 Å². The molecular formula is C14H18N4O3. The number of anilines is 1. The van der Waals surface area contributed by atoms with E-state index in [4.69, 9.17) is 0 Å². The fourth-order valence-electron chi connectivity index (χ4n) is 2.33. The molecule has 0 amide bonds. The van der Waals surface area contributed by atoms with E-state index >= 15 is 0 Å². The first-order valence-corrected chi connectivity index (χ1v) is 6.78. The van der Waals surface area contributed by atoms with Crippen LogP contribution in [0.2, 0.25) is 0 Å². The zero-order valence-electron chi connectivity index (χ0n) is 12.1. The lowest BCUT2D eigenvalue weighted by Gasteiger charge is -2.09. The summed E-state index contributed by atoms with van der Waals surface area (Å²) in [6, 6.07) is 4.85. The molecule has 0 aliphatic rings. The summed E-state index contributed by atoms with van der Waals surface area (Å²) in [6.07, 6.45) is 4.32. The minimum atomic E-state index is -0.430. The molecule has 1 aromatic carbocycles. The highest BCUT2D eigenvalue weighted by atomic mass is 16.6. The van der Waals surface area contributed by atoms with E-state index in [-0.39, 0.29) is 11.4 Å². The number of rotatable bonds is 6. The van der Waals surface area contributed by atoms with Gasteiger partial charge < -0.3 is 5.32 Å². The lowest BCUT2D eigenvalue weighted by Crippen LogP contribution is -2.24. The van der Waals surface area contributed by atoms with Gasteiger partial charge in [0.05, 0.1) is 11.5 Å². The van der Waals surface area contributed by atoms with Gasteiger partial charge in [0.15, 0.2) is 0 Å². The molecule has 0 saturated carbocycles. The Morgan fingerprint density at radius 2 is 2.00 bits per heavy atom. The maximum atomic E-state index is 12.2. The predicted molar refractivity (Wildman–Crippen MR) is 80.7 cm³/mol. The Kier molecular flexibility index (Phi) is 4.42. The van der Waals surface area contributed by atoms with Gasteiger partial charge >= 0.3 is 5.69 Å². The van der Waals surface area contributed by atoms with Crippen molar-refractivity contribution in [2.24, 2.45) is 0 Å². The molecule has 7 nitrogen and oxygen atoms in total. The second-order valence-corrected chi connectivity index (χ2v) is 4.72. The van der Waals surface area contributed by atoms with Crippen molar-refractivity contribution in [2.45, 2.75) is 26.4 Å². The van der Waals surface area contributed by atoms with Gasteiger partial charge in [0.25, 0.3) is 5.69 Å². The van der Waals surface area contributed by atoms with E-state index in [0.717, 1.165) is 6.42 Å². The van der Waals surface area contributed by atoms with Crippen LogP contribution in [0, 0.1) is 10.1 Å². The molecule has 0 radical (unpaired) electrons. The third-order valence-electron chi connectivity index (χ3n) is 3.30. The molecule has 0 saturated heterocycles. The maximum Gasteiger partial charge on any atom is 0.328 e. The van der Waals surface area contributed by atoms with Crippen molar-refractivity contribution < 1.29 is 4.92 Å². The van der Waals surface area contributed by atoms with Crippen molar-refractivity contribution in [2.75, 3.05) is 12.4 Å². The van der Waals surface area contributed by atoms with Crippen molar-refractivity contribution in [3.8, 4) is 0 Å². The van der Waals surface area contributed by atoms with Gasteiger partial charge in [0, 0.05) is 37.6 Å². The quantitative estimate of drug-likeness (QED) is 0.652. The number of para-hydroxylation sites is 1. The Labute approximate surface area is 122 Å². The Morgan fingerprint density at radius 1 is 1.29 bits per heavy atom. The summed E-state index contributed by atoms with van der Waals surface area (Å²) in [4.78, 5) is 22.8. The molecule has 0 fully saturated rings. The van der Waals surface area contributed by atoms with E-state index in [1.165, 1.54) is 6.07 Å². The summed E-state index contributed by atoms with van der Waals surface area (Å²) in [6.45, 7) is 2.97. The van der Waals surface area contributed by atoms with Gasteiger partial charge in [-0.3, -0.25) is 19.2 Å². The summed E-state index contributed by atoms with van der Waals surface area (Å²) in [5.74, 6) is 0. The van der Waals surface area contributed by atoms with Crippen molar-refractivity contribution in [1.82, 2.24) is 9.13 Å². The van der Waals surface area contributed by atoms with Crippen LogP contribution in [0.5, 0.6) is 0 Å². The Morgan fingerprint density at radius 3 is 2.62 bits per heavy atom. The van der Waals surface area contributed by atoms with Crippen molar-refractivity contribution in [1.29, 1.82) is 0 Å². The maximum absolute atomic E-state index is 12.2. The standard InChI is InChI=1S/C14H18N4O3/c1-3-7-16-8-9-17(14(16)19)10-11-5-4-6-12(18(20)21)13(11)15-2/h4-6,8-9,15H,3,7,10H2,1-2H3. The zero-order chi connectivity index (χ0) is 15.4. The molecule has 0 spiro atoms. The van der Waals surface area contributed by atoms with Gasteiger partial charge in [-0.25, -0.2) is 4.79 Å². The van der Waals surface area contributed by atoms with Crippen LogP contribution in [0.15, 0.2) is 35.4 Å². The number of benzene rings is 1. The molecule has 7 heteroatoms. The van der Waals surface area contributed by atoms with Crippen molar-refractivity contribution in [3.05, 3.63) is 56.8 Å². The monoisotopic (exact) mass is 290 g/mol. The summed E-state index contributed by atoms with van der Waals surface area (Å²) >= 11 is 0. The third-order valence-corrected chi connectivity index (χ3v) is 3.30. The topological polar surface area (TPSA) is 82.1 Å². The normalized spacial score (nSPS) is 10.6. The Balaban J connectivity index is 2.38. The van der Waals surface area contributed by atoms with E-state index in [1.54, 1.807) is 40.7 Å². The van der Waals surface area contributed by atoms with Crippen LogP contribution in [0.25, 0.3) is 0 Å². The van der Waals surface area contributed by atoms with E-state index < -0.39 is 4.92 Å². The van der Waals surface area contributed by atoms with Crippen LogP contribution >= 0.6 is 0 Å².